The third kappa shape index (κ3) is 3.66. The van der Waals surface area contributed by atoms with Crippen molar-refractivity contribution in [2.24, 2.45) is 52.3 Å². The summed E-state index contributed by atoms with van der Waals surface area (Å²) >= 11 is 0. The molecule has 0 aromatic heterocycles. The first kappa shape index (κ1) is 22.6. The molecule has 4 aliphatic rings. The molecule has 170 valence electrons. The van der Waals surface area contributed by atoms with E-state index in [4.69, 9.17) is 0 Å². The third-order valence-corrected chi connectivity index (χ3v) is 10.9. The lowest BCUT2D eigenvalue weighted by molar-refractivity contribution is -0.0303. The van der Waals surface area contributed by atoms with E-state index in [1.165, 1.54) is 56.9 Å². The molecule has 1 heteroatoms. The van der Waals surface area contributed by atoms with Gasteiger partial charge < -0.3 is 5.11 Å². The predicted molar refractivity (Wildman–Crippen MR) is 128 cm³/mol. The lowest BCUT2D eigenvalue weighted by Gasteiger charge is -2.57. The van der Waals surface area contributed by atoms with Gasteiger partial charge in [-0.15, -0.1) is 0 Å². The minimum Gasteiger partial charge on any atom is -0.389 e. The molecule has 0 saturated heterocycles. The molecule has 2 saturated carbocycles. The van der Waals surface area contributed by atoms with E-state index >= 15 is 0 Å². The minimum atomic E-state index is -0.224. The van der Waals surface area contributed by atoms with Crippen LogP contribution >= 0.6 is 0 Å². The molecule has 0 radical (unpaired) electrons. The van der Waals surface area contributed by atoms with Crippen molar-refractivity contribution in [3.05, 3.63) is 23.8 Å². The van der Waals surface area contributed by atoms with Gasteiger partial charge in [0.25, 0.3) is 0 Å². The van der Waals surface area contributed by atoms with Gasteiger partial charge >= 0.3 is 0 Å². The van der Waals surface area contributed by atoms with Crippen LogP contribution in [0.25, 0.3) is 0 Å². The van der Waals surface area contributed by atoms with E-state index in [0.717, 1.165) is 47.8 Å². The maximum absolute atomic E-state index is 10.2. The summed E-state index contributed by atoms with van der Waals surface area (Å²) in [5.41, 5.74) is 2.28. The highest BCUT2D eigenvalue weighted by Crippen LogP contribution is 2.66. The van der Waals surface area contributed by atoms with Crippen molar-refractivity contribution in [3.63, 3.8) is 0 Å². The Balaban J connectivity index is 1.50. The van der Waals surface area contributed by atoms with E-state index in [0.29, 0.717) is 10.8 Å². The molecule has 0 aliphatic heterocycles. The number of aliphatic hydroxyl groups is 1. The van der Waals surface area contributed by atoms with Gasteiger partial charge in [0, 0.05) is 0 Å². The predicted octanol–water partition coefficient (Wildman–Crippen LogP) is 7.80. The number of hydrogen-bond donors (Lipinski definition) is 1. The molecular weight excluding hydrogens is 364 g/mol. The molecule has 4 rings (SSSR count). The molecule has 0 aromatic rings. The number of rotatable bonds is 6. The lowest BCUT2D eigenvalue weighted by Crippen LogP contribution is -2.49. The van der Waals surface area contributed by atoms with Gasteiger partial charge in [-0.3, -0.25) is 0 Å². The van der Waals surface area contributed by atoms with Crippen LogP contribution < -0.4 is 0 Å². The fraction of sp³-hybridized carbons (Fsp3) is 0.862. The summed E-state index contributed by atoms with van der Waals surface area (Å²) in [6.07, 6.45) is 19.0. The second-order valence-electron chi connectivity index (χ2n) is 12.5. The van der Waals surface area contributed by atoms with E-state index in [1.807, 2.05) is 0 Å². The zero-order chi connectivity index (χ0) is 21.7. The molecule has 2 fully saturated rings. The van der Waals surface area contributed by atoms with Gasteiger partial charge in [-0.2, -0.15) is 0 Å². The Kier molecular flexibility index (Phi) is 6.35. The molecule has 0 spiro atoms. The molecule has 0 unspecified atom stereocenters. The van der Waals surface area contributed by atoms with Crippen LogP contribution in [0.2, 0.25) is 0 Å². The summed E-state index contributed by atoms with van der Waals surface area (Å²) in [5.74, 6) is 5.94. The van der Waals surface area contributed by atoms with E-state index in [2.05, 4.69) is 59.8 Å². The number of allylic oxidation sites excluding steroid dienone is 3. The standard InChI is InChI=1S/C29H48O/c1-7-21(19(2)3)9-8-20(4)25-12-13-26-24-11-10-22-18-23(30)14-16-28(22,5)27(24)15-17-29(25,26)6/h10-11,18-21,23-27,30H,7-9,12-17H2,1-6H3/t20-,21-,23+,24+,25-,26+,27+,28+,29-/m1/s1. The smallest absolute Gasteiger partial charge is 0.0727 e. The molecule has 1 N–H and O–H groups in total. The van der Waals surface area contributed by atoms with Crippen LogP contribution in [0, 0.1) is 52.3 Å². The Morgan fingerprint density at radius 3 is 2.47 bits per heavy atom. The summed E-state index contributed by atoms with van der Waals surface area (Å²) < 4.78 is 0. The molecule has 9 atom stereocenters. The van der Waals surface area contributed by atoms with Crippen molar-refractivity contribution < 1.29 is 5.11 Å². The Morgan fingerprint density at radius 1 is 1.00 bits per heavy atom. The van der Waals surface area contributed by atoms with E-state index in [9.17, 15) is 5.11 Å². The summed E-state index contributed by atoms with van der Waals surface area (Å²) in [7, 11) is 0. The highest BCUT2D eigenvalue weighted by molar-refractivity contribution is 5.36. The van der Waals surface area contributed by atoms with E-state index < -0.39 is 0 Å². The van der Waals surface area contributed by atoms with Gasteiger partial charge in [0.1, 0.15) is 0 Å². The summed E-state index contributed by atoms with van der Waals surface area (Å²) in [6, 6.07) is 0. The maximum Gasteiger partial charge on any atom is 0.0727 e. The van der Waals surface area contributed by atoms with Crippen molar-refractivity contribution in [1.29, 1.82) is 0 Å². The normalized spacial score (nSPS) is 44.8. The Morgan fingerprint density at radius 2 is 1.77 bits per heavy atom. The average molecular weight is 413 g/mol. The Bertz CT molecular complexity index is 674. The molecule has 4 aliphatic carbocycles. The highest BCUT2D eigenvalue weighted by Gasteiger charge is 2.58. The third-order valence-electron chi connectivity index (χ3n) is 10.9. The fourth-order valence-electron chi connectivity index (χ4n) is 8.80. The van der Waals surface area contributed by atoms with Crippen LogP contribution in [0.3, 0.4) is 0 Å². The zero-order valence-electron chi connectivity index (χ0n) is 20.7. The first-order valence-corrected chi connectivity index (χ1v) is 13.3. The highest BCUT2D eigenvalue weighted by atomic mass is 16.3. The maximum atomic E-state index is 10.2. The van der Waals surface area contributed by atoms with Gasteiger partial charge in [0.2, 0.25) is 0 Å². The quantitative estimate of drug-likeness (QED) is 0.472. The van der Waals surface area contributed by atoms with Crippen molar-refractivity contribution in [2.45, 2.75) is 105 Å². The minimum absolute atomic E-state index is 0.224. The monoisotopic (exact) mass is 412 g/mol. The molecule has 0 heterocycles. The fourth-order valence-corrected chi connectivity index (χ4v) is 8.80. The molecule has 1 nitrogen and oxygen atoms in total. The second-order valence-corrected chi connectivity index (χ2v) is 12.5. The van der Waals surface area contributed by atoms with Crippen molar-refractivity contribution in [3.8, 4) is 0 Å². The van der Waals surface area contributed by atoms with Gasteiger partial charge in [-0.1, -0.05) is 72.6 Å². The number of aliphatic hydroxyl groups excluding tert-OH is 1. The van der Waals surface area contributed by atoms with Crippen molar-refractivity contribution >= 4 is 0 Å². The zero-order valence-corrected chi connectivity index (χ0v) is 20.7. The SMILES string of the molecule is CC[C@H](CC[C@@H](C)[C@H]1CC[C@H]2[C@@H]3C=CC4=C[C@@H](O)CC[C@]4(C)[C@H]3CC[C@]12C)C(C)C. The van der Waals surface area contributed by atoms with E-state index in [1.54, 1.807) is 0 Å². The molecule has 30 heavy (non-hydrogen) atoms. The molecular formula is C29H48O. The average Bonchev–Trinajstić information content (AvgIpc) is 3.06. The summed E-state index contributed by atoms with van der Waals surface area (Å²) in [6.45, 7) is 15.0. The largest absolute Gasteiger partial charge is 0.389 e. The van der Waals surface area contributed by atoms with Gasteiger partial charge in [-0.25, -0.2) is 0 Å². The summed E-state index contributed by atoms with van der Waals surface area (Å²) in [5, 5.41) is 10.2. The van der Waals surface area contributed by atoms with Crippen LogP contribution in [-0.4, -0.2) is 11.2 Å². The second kappa shape index (κ2) is 8.42. The van der Waals surface area contributed by atoms with Gasteiger partial charge in [0.05, 0.1) is 6.10 Å². The van der Waals surface area contributed by atoms with Gasteiger partial charge in [0.15, 0.2) is 0 Å². The van der Waals surface area contributed by atoms with Crippen LogP contribution in [-0.2, 0) is 0 Å². The van der Waals surface area contributed by atoms with Crippen molar-refractivity contribution in [2.75, 3.05) is 0 Å². The lowest BCUT2D eigenvalue weighted by atomic mass is 9.48. The molecule has 0 amide bonds. The molecule has 0 bridgehead atoms. The molecule has 0 aromatic carbocycles. The van der Waals surface area contributed by atoms with E-state index in [-0.39, 0.29) is 6.10 Å². The first-order chi connectivity index (χ1) is 14.2. The topological polar surface area (TPSA) is 20.2 Å². The van der Waals surface area contributed by atoms with Crippen LogP contribution in [0.4, 0.5) is 0 Å². The van der Waals surface area contributed by atoms with Crippen LogP contribution in [0.15, 0.2) is 23.8 Å². The summed E-state index contributed by atoms with van der Waals surface area (Å²) in [4.78, 5) is 0. The number of fused-ring (bicyclic) bond motifs is 5. The Labute approximate surface area is 186 Å². The van der Waals surface area contributed by atoms with Gasteiger partial charge in [-0.05, 0) is 103 Å². The van der Waals surface area contributed by atoms with Crippen LogP contribution in [0.1, 0.15) is 99.3 Å². The first-order valence-electron chi connectivity index (χ1n) is 13.3. The van der Waals surface area contributed by atoms with Crippen LogP contribution in [0.5, 0.6) is 0 Å². The number of hydrogen-bond acceptors (Lipinski definition) is 1. The Hall–Kier alpha value is -0.560. The van der Waals surface area contributed by atoms with Crippen molar-refractivity contribution in [1.82, 2.24) is 0 Å².